The number of carbonyl (C=O) groups excluding carboxylic acids is 1. The van der Waals surface area contributed by atoms with Gasteiger partial charge in [-0.3, -0.25) is 0 Å². The SMILES string of the molecule is Cc1ccccc1C1=NC(=Cc2cn(Cc3ccccc3)c3ccccc23)C(=O)O1. The zero-order chi connectivity index (χ0) is 20.5. The maximum atomic E-state index is 12.5. The number of nitrogens with zero attached hydrogens (tertiary/aromatic N) is 2. The number of rotatable bonds is 4. The third kappa shape index (κ3) is 3.33. The zero-order valence-corrected chi connectivity index (χ0v) is 16.6. The van der Waals surface area contributed by atoms with Crippen LogP contribution in [0.2, 0.25) is 0 Å². The molecule has 0 spiro atoms. The van der Waals surface area contributed by atoms with E-state index < -0.39 is 5.97 Å². The minimum absolute atomic E-state index is 0.316. The molecule has 0 aliphatic carbocycles. The van der Waals surface area contributed by atoms with E-state index in [9.17, 15) is 4.79 Å². The van der Waals surface area contributed by atoms with Crippen LogP contribution in [0.5, 0.6) is 0 Å². The summed E-state index contributed by atoms with van der Waals surface area (Å²) in [5, 5.41) is 1.08. The number of aromatic nitrogens is 1. The van der Waals surface area contributed by atoms with Gasteiger partial charge in [-0.1, -0.05) is 66.7 Å². The van der Waals surface area contributed by atoms with Crippen molar-refractivity contribution in [1.29, 1.82) is 0 Å². The number of cyclic esters (lactones) is 1. The van der Waals surface area contributed by atoms with Crippen molar-refractivity contribution < 1.29 is 9.53 Å². The first kappa shape index (κ1) is 18.1. The Bertz CT molecular complexity index is 1310. The summed E-state index contributed by atoms with van der Waals surface area (Å²) in [5.74, 6) is -0.0643. The molecule has 2 heterocycles. The summed E-state index contributed by atoms with van der Waals surface area (Å²) in [6, 6.07) is 26.3. The highest BCUT2D eigenvalue weighted by atomic mass is 16.6. The van der Waals surface area contributed by atoms with Crippen LogP contribution in [0.15, 0.2) is 95.7 Å². The Morgan fingerprint density at radius 1 is 0.933 bits per heavy atom. The number of hydrogen-bond donors (Lipinski definition) is 0. The van der Waals surface area contributed by atoms with Gasteiger partial charge in [-0.25, -0.2) is 9.79 Å². The fraction of sp³-hybridized carbons (Fsp3) is 0.0769. The van der Waals surface area contributed by atoms with Gasteiger partial charge in [0.2, 0.25) is 5.90 Å². The maximum Gasteiger partial charge on any atom is 0.363 e. The van der Waals surface area contributed by atoms with Crippen LogP contribution in [0.4, 0.5) is 0 Å². The van der Waals surface area contributed by atoms with E-state index >= 15 is 0 Å². The van der Waals surface area contributed by atoms with E-state index in [0.717, 1.165) is 34.1 Å². The molecule has 0 radical (unpaired) electrons. The molecular weight excluding hydrogens is 372 g/mol. The third-order valence-electron chi connectivity index (χ3n) is 5.30. The van der Waals surface area contributed by atoms with Crippen molar-refractivity contribution in [2.24, 2.45) is 4.99 Å². The fourth-order valence-corrected chi connectivity index (χ4v) is 3.79. The summed E-state index contributed by atoms with van der Waals surface area (Å²) in [6.45, 7) is 2.73. The fourth-order valence-electron chi connectivity index (χ4n) is 3.79. The molecule has 0 unspecified atom stereocenters. The van der Waals surface area contributed by atoms with Gasteiger partial charge in [0.15, 0.2) is 5.70 Å². The lowest BCUT2D eigenvalue weighted by Crippen LogP contribution is -2.06. The van der Waals surface area contributed by atoms with Gasteiger partial charge in [-0.05, 0) is 36.3 Å². The normalized spacial score (nSPS) is 14.9. The second-order valence-electron chi connectivity index (χ2n) is 7.37. The van der Waals surface area contributed by atoms with Crippen molar-refractivity contribution in [3.05, 3.63) is 113 Å². The van der Waals surface area contributed by atoms with Crippen LogP contribution in [0, 0.1) is 6.92 Å². The summed E-state index contributed by atoms with van der Waals surface area (Å²) >= 11 is 0. The summed E-state index contributed by atoms with van der Waals surface area (Å²) in [6.07, 6.45) is 3.89. The molecule has 3 aromatic carbocycles. The van der Waals surface area contributed by atoms with Gasteiger partial charge in [-0.15, -0.1) is 0 Å². The highest BCUT2D eigenvalue weighted by Gasteiger charge is 2.25. The molecule has 0 atom stereocenters. The van der Waals surface area contributed by atoms with Gasteiger partial charge in [0, 0.05) is 34.8 Å². The second-order valence-corrected chi connectivity index (χ2v) is 7.37. The molecule has 0 saturated heterocycles. The maximum absolute atomic E-state index is 12.5. The van der Waals surface area contributed by atoms with Crippen LogP contribution in [0.25, 0.3) is 17.0 Å². The van der Waals surface area contributed by atoms with E-state index in [4.69, 9.17) is 4.74 Å². The van der Waals surface area contributed by atoms with Gasteiger partial charge in [-0.2, -0.15) is 0 Å². The minimum Gasteiger partial charge on any atom is -0.402 e. The topological polar surface area (TPSA) is 43.6 Å². The highest BCUT2D eigenvalue weighted by molar-refractivity contribution is 6.13. The van der Waals surface area contributed by atoms with E-state index in [1.807, 2.05) is 67.6 Å². The first-order chi connectivity index (χ1) is 14.7. The molecule has 0 fully saturated rings. The summed E-state index contributed by atoms with van der Waals surface area (Å²) in [5.41, 5.74) is 5.45. The molecule has 5 rings (SSSR count). The first-order valence-electron chi connectivity index (χ1n) is 9.89. The average Bonchev–Trinajstić information content (AvgIpc) is 3.30. The molecule has 1 aliphatic rings. The van der Waals surface area contributed by atoms with E-state index in [1.165, 1.54) is 5.56 Å². The standard InChI is InChI=1S/C26H20N2O2/c1-18-9-5-6-12-21(18)25-27-23(26(29)30-25)15-20-17-28(16-19-10-3-2-4-11-19)24-14-8-7-13-22(20)24/h2-15,17H,16H2,1H3. The van der Waals surface area contributed by atoms with Crippen LogP contribution in [0.3, 0.4) is 0 Å². The van der Waals surface area contributed by atoms with Gasteiger partial charge < -0.3 is 9.30 Å². The Labute approximate surface area is 174 Å². The molecule has 4 nitrogen and oxygen atoms in total. The van der Waals surface area contributed by atoms with Crippen molar-refractivity contribution in [2.45, 2.75) is 13.5 Å². The number of esters is 1. The van der Waals surface area contributed by atoms with Crippen LogP contribution in [0.1, 0.15) is 22.3 Å². The zero-order valence-electron chi connectivity index (χ0n) is 16.6. The van der Waals surface area contributed by atoms with Crippen LogP contribution in [-0.4, -0.2) is 16.4 Å². The molecule has 4 aromatic rings. The quantitative estimate of drug-likeness (QED) is 0.347. The molecule has 0 amide bonds. The molecule has 0 N–H and O–H groups in total. The molecule has 1 aromatic heterocycles. The number of hydrogen-bond acceptors (Lipinski definition) is 3. The Morgan fingerprint density at radius 3 is 2.50 bits per heavy atom. The molecule has 30 heavy (non-hydrogen) atoms. The molecule has 0 bridgehead atoms. The van der Waals surface area contributed by atoms with E-state index in [0.29, 0.717) is 11.6 Å². The number of ether oxygens (including phenoxy) is 1. The lowest BCUT2D eigenvalue weighted by molar-refractivity contribution is -0.129. The predicted octanol–water partition coefficient (Wildman–Crippen LogP) is 5.34. The smallest absolute Gasteiger partial charge is 0.363 e. The van der Waals surface area contributed by atoms with E-state index in [-0.39, 0.29) is 0 Å². The number of benzene rings is 3. The van der Waals surface area contributed by atoms with E-state index in [1.54, 1.807) is 0 Å². The van der Waals surface area contributed by atoms with Crippen LogP contribution in [-0.2, 0) is 16.1 Å². The van der Waals surface area contributed by atoms with Gasteiger partial charge >= 0.3 is 5.97 Å². The summed E-state index contributed by atoms with van der Waals surface area (Å²) in [4.78, 5) is 17.0. The molecule has 146 valence electrons. The molecule has 1 aliphatic heterocycles. The predicted molar refractivity (Wildman–Crippen MR) is 119 cm³/mol. The lowest BCUT2D eigenvalue weighted by atomic mass is 10.1. The third-order valence-corrected chi connectivity index (χ3v) is 5.30. The van der Waals surface area contributed by atoms with Crippen molar-refractivity contribution in [1.82, 2.24) is 4.57 Å². The number of para-hydroxylation sites is 1. The monoisotopic (exact) mass is 392 g/mol. The van der Waals surface area contributed by atoms with Crippen molar-refractivity contribution in [3.63, 3.8) is 0 Å². The Morgan fingerprint density at radius 2 is 1.67 bits per heavy atom. The molecule has 0 saturated carbocycles. The summed E-state index contributed by atoms with van der Waals surface area (Å²) in [7, 11) is 0. The highest BCUT2D eigenvalue weighted by Crippen LogP contribution is 2.27. The van der Waals surface area contributed by atoms with Crippen molar-refractivity contribution in [2.75, 3.05) is 0 Å². The Hall–Kier alpha value is -3.92. The number of fused-ring (bicyclic) bond motifs is 1. The van der Waals surface area contributed by atoms with Gasteiger partial charge in [0.25, 0.3) is 0 Å². The largest absolute Gasteiger partial charge is 0.402 e. The summed E-state index contributed by atoms with van der Waals surface area (Å²) < 4.78 is 7.66. The average molecular weight is 392 g/mol. The van der Waals surface area contributed by atoms with Crippen molar-refractivity contribution >= 4 is 28.8 Å². The molecular formula is C26H20N2O2. The number of carbonyl (C=O) groups is 1. The van der Waals surface area contributed by atoms with Crippen molar-refractivity contribution in [3.8, 4) is 0 Å². The number of aliphatic imine (C=N–C) groups is 1. The van der Waals surface area contributed by atoms with Crippen LogP contribution >= 0.6 is 0 Å². The van der Waals surface area contributed by atoms with Gasteiger partial charge in [0.1, 0.15) is 0 Å². The van der Waals surface area contributed by atoms with Gasteiger partial charge in [0.05, 0.1) is 0 Å². The lowest BCUT2D eigenvalue weighted by Gasteiger charge is -2.05. The second kappa shape index (κ2) is 7.48. The Balaban J connectivity index is 1.56. The van der Waals surface area contributed by atoms with Crippen LogP contribution < -0.4 is 0 Å². The minimum atomic E-state index is -0.423. The molecule has 4 heteroatoms. The first-order valence-corrected chi connectivity index (χ1v) is 9.89. The Kier molecular flexibility index (Phi) is 4.52. The van der Waals surface area contributed by atoms with E-state index in [2.05, 4.69) is 40.0 Å². The number of aryl methyl sites for hydroxylation is 1.